The van der Waals surface area contributed by atoms with Gasteiger partial charge in [0.1, 0.15) is 5.82 Å². The molecule has 0 aromatic heterocycles. The molecule has 94 valence electrons. The molecular formula is C13H17BrFNO. The first kappa shape index (κ1) is 14.2. The average Bonchev–Trinajstić information content (AvgIpc) is 2.31. The molecule has 1 unspecified atom stereocenters. The van der Waals surface area contributed by atoms with Gasteiger partial charge in [-0.05, 0) is 31.0 Å². The van der Waals surface area contributed by atoms with Gasteiger partial charge < -0.3 is 5.32 Å². The van der Waals surface area contributed by atoms with E-state index in [0.29, 0.717) is 4.47 Å². The number of benzene rings is 1. The summed E-state index contributed by atoms with van der Waals surface area (Å²) < 4.78 is 14.2. The minimum Gasteiger partial charge on any atom is -0.349 e. The SMILES string of the molecule is CCCC(CC)NC(=O)c1cc(Br)ccc1F. The van der Waals surface area contributed by atoms with Crippen molar-refractivity contribution in [2.45, 2.75) is 39.2 Å². The molecule has 2 nitrogen and oxygen atoms in total. The van der Waals surface area contributed by atoms with Crippen molar-refractivity contribution in [3.8, 4) is 0 Å². The summed E-state index contributed by atoms with van der Waals surface area (Å²) in [6.07, 6.45) is 2.77. The van der Waals surface area contributed by atoms with Crippen molar-refractivity contribution in [3.05, 3.63) is 34.1 Å². The van der Waals surface area contributed by atoms with E-state index in [4.69, 9.17) is 0 Å². The van der Waals surface area contributed by atoms with Crippen LogP contribution in [0, 0.1) is 5.82 Å². The lowest BCUT2D eigenvalue weighted by Crippen LogP contribution is -2.34. The van der Waals surface area contributed by atoms with E-state index >= 15 is 0 Å². The zero-order valence-corrected chi connectivity index (χ0v) is 11.7. The maximum absolute atomic E-state index is 13.5. The molecule has 0 aliphatic heterocycles. The Hall–Kier alpha value is -0.900. The number of nitrogens with one attached hydrogen (secondary N) is 1. The largest absolute Gasteiger partial charge is 0.349 e. The number of halogens is 2. The van der Waals surface area contributed by atoms with Crippen LogP contribution in [0.25, 0.3) is 0 Å². The molecular weight excluding hydrogens is 285 g/mol. The highest BCUT2D eigenvalue weighted by atomic mass is 79.9. The number of hydrogen-bond donors (Lipinski definition) is 1. The summed E-state index contributed by atoms with van der Waals surface area (Å²) in [5.41, 5.74) is 0.0916. The van der Waals surface area contributed by atoms with Gasteiger partial charge in [0.05, 0.1) is 5.56 Å². The zero-order valence-electron chi connectivity index (χ0n) is 10.1. The number of rotatable bonds is 5. The van der Waals surface area contributed by atoms with Crippen LogP contribution in [0.4, 0.5) is 4.39 Å². The molecule has 1 aromatic rings. The Balaban J connectivity index is 2.78. The van der Waals surface area contributed by atoms with Crippen LogP contribution in [0.3, 0.4) is 0 Å². The highest BCUT2D eigenvalue weighted by molar-refractivity contribution is 9.10. The minimum atomic E-state index is -0.489. The van der Waals surface area contributed by atoms with Crippen molar-refractivity contribution >= 4 is 21.8 Å². The van der Waals surface area contributed by atoms with E-state index in [9.17, 15) is 9.18 Å². The maximum Gasteiger partial charge on any atom is 0.254 e. The normalized spacial score (nSPS) is 12.2. The average molecular weight is 302 g/mol. The Morgan fingerprint density at radius 2 is 2.18 bits per heavy atom. The second kappa shape index (κ2) is 6.74. The lowest BCUT2D eigenvalue weighted by Gasteiger charge is -2.16. The molecule has 0 bridgehead atoms. The van der Waals surface area contributed by atoms with Gasteiger partial charge in [0, 0.05) is 10.5 Å². The van der Waals surface area contributed by atoms with Crippen molar-refractivity contribution in [1.29, 1.82) is 0 Å². The van der Waals surface area contributed by atoms with E-state index in [-0.39, 0.29) is 17.5 Å². The van der Waals surface area contributed by atoms with Gasteiger partial charge in [-0.1, -0.05) is 36.2 Å². The van der Waals surface area contributed by atoms with Crippen LogP contribution in [-0.2, 0) is 0 Å². The summed E-state index contributed by atoms with van der Waals surface area (Å²) in [5.74, 6) is -0.832. The Morgan fingerprint density at radius 3 is 2.76 bits per heavy atom. The van der Waals surface area contributed by atoms with Crippen LogP contribution in [0.1, 0.15) is 43.5 Å². The molecule has 0 saturated carbocycles. The van der Waals surface area contributed by atoms with E-state index in [1.54, 1.807) is 6.07 Å². The molecule has 1 aromatic carbocycles. The van der Waals surface area contributed by atoms with Crippen LogP contribution in [0.15, 0.2) is 22.7 Å². The zero-order chi connectivity index (χ0) is 12.8. The van der Waals surface area contributed by atoms with Gasteiger partial charge in [0.15, 0.2) is 0 Å². The molecule has 1 atom stereocenters. The van der Waals surface area contributed by atoms with Gasteiger partial charge in [0.2, 0.25) is 0 Å². The van der Waals surface area contributed by atoms with Crippen LogP contribution in [-0.4, -0.2) is 11.9 Å². The third-order valence-corrected chi connectivity index (χ3v) is 3.13. The fraction of sp³-hybridized carbons (Fsp3) is 0.462. The summed E-state index contributed by atoms with van der Waals surface area (Å²) >= 11 is 3.23. The fourth-order valence-corrected chi connectivity index (χ4v) is 2.02. The second-order valence-corrected chi connectivity index (χ2v) is 4.91. The third-order valence-electron chi connectivity index (χ3n) is 2.64. The Bertz CT molecular complexity index is 395. The molecule has 0 heterocycles. The van der Waals surface area contributed by atoms with Gasteiger partial charge in [-0.3, -0.25) is 4.79 Å². The van der Waals surface area contributed by atoms with Crippen LogP contribution in [0.2, 0.25) is 0 Å². The standard InChI is InChI=1S/C13H17BrFNO/c1-3-5-10(4-2)16-13(17)11-8-9(14)6-7-12(11)15/h6-8,10H,3-5H2,1-2H3,(H,16,17). The van der Waals surface area contributed by atoms with Crippen molar-refractivity contribution in [1.82, 2.24) is 5.32 Å². The monoisotopic (exact) mass is 301 g/mol. The van der Waals surface area contributed by atoms with Crippen LogP contribution in [0.5, 0.6) is 0 Å². The highest BCUT2D eigenvalue weighted by Crippen LogP contribution is 2.16. The molecule has 1 rings (SSSR count). The Labute approximate surface area is 110 Å². The van der Waals surface area contributed by atoms with Crippen molar-refractivity contribution < 1.29 is 9.18 Å². The van der Waals surface area contributed by atoms with Gasteiger partial charge in [-0.15, -0.1) is 0 Å². The quantitative estimate of drug-likeness (QED) is 0.878. The maximum atomic E-state index is 13.5. The molecule has 0 aliphatic carbocycles. The van der Waals surface area contributed by atoms with E-state index in [1.807, 2.05) is 6.92 Å². The number of carbonyl (C=O) groups is 1. The smallest absolute Gasteiger partial charge is 0.254 e. The van der Waals surface area contributed by atoms with Gasteiger partial charge in [0.25, 0.3) is 5.91 Å². The number of hydrogen-bond acceptors (Lipinski definition) is 1. The molecule has 0 radical (unpaired) electrons. The van der Waals surface area contributed by atoms with Crippen molar-refractivity contribution in [2.75, 3.05) is 0 Å². The van der Waals surface area contributed by atoms with Crippen LogP contribution >= 0.6 is 15.9 Å². The van der Waals surface area contributed by atoms with E-state index in [0.717, 1.165) is 19.3 Å². The summed E-state index contributed by atoms with van der Waals surface area (Å²) in [7, 11) is 0. The van der Waals surface area contributed by atoms with E-state index in [1.165, 1.54) is 12.1 Å². The van der Waals surface area contributed by atoms with Crippen molar-refractivity contribution in [3.63, 3.8) is 0 Å². The topological polar surface area (TPSA) is 29.1 Å². The Kier molecular flexibility index (Phi) is 5.62. The van der Waals surface area contributed by atoms with Gasteiger partial charge in [-0.2, -0.15) is 0 Å². The second-order valence-electron chi connectivity index (χ2n) is 3.99. The van der Waals surface area contributed by atoms with Crippen molar-refractivity contribution in [2.24, 2.45) is 0 Å². The van der Waals surface area contributed by atoms with Gasteiger partial charge in [-0.25, -0.2) is 4.39 Å². The lowest BCUT2D eigenvalue weighted by molar-refractivity contribution is 0.0929. The highest BCUT2D eigenvalue weighted by Gasteiger charge is 2.15. The lowest BCUT2D eigenvalue weighted by atomic mass is 10.1. The summed E-state index contributed by atoms with van der Waals surface area (Å²) in [6, 6.07) is 4.49. The van der Waals surface area contributed by atoms with E-state index < -0.39 is 5.82 Å². The minimum absolute atomic E-state index is 0.0916. The number of amides is 1. The first-order chi connectivity index (χ1) is 8.08. The summed E-state index contributed by atoms with van der Waals surface area (Å²) in [6.45, 7) is 4.08. The number of carbonyl (C=O) groups excluding carboxylic acids is 1. The fourth-order valence-electron chi connectivity index (χ4n) is 1.66. The first-order valence-corrected chi connectivity index (χ1v) is 6.63. The molecule has 0 spiro atoms. The molecule has 1 amide bonds. The van der Waals surface area contributed by atoms with Crippen LogP contribution < -0.4 is 5.32 Å². The summed E-state index contributed by atoms with van der Waals surface area (Å²) in [4.78, 5) is 11.9. The third kappa shape index (κ3) is 4.11. The molecule has 0 aliphatic rings. The first-order valence-electron chi connectivity index (χ1n) is 5.84. The Morgan fingerprint density at radius 1 is 1.47 bits per heavy atom. The van der Waals surface area contributed by atoms with Gasteiger partial charge >= 0.3 is 0 Å². The van der Waals surface area contributed by atoms with E-state index in [2.05, 4.69) is 28.2 Å². The predicted octanol–water partition coefficient (Wildman–Crippen LogP) is 3.90. The summed E-state index contributed by atoms with van der Waals surface area (Å²) in [5, 5.41) is 2.85. The molecule has 0 fully saturated rings. The molecule has 1 N–H and O–H groups in total. The molecule has 17 heavy (non-hydrogen) atoms. The predicted molar refractivity (Wildman–Crippen MR) is 70.6 cm³/mol. The molecule has 0 saturated heterocycles. The molecule has 4 heteroatoms.